The molecule has 4 nitrogen and oxygen atoms in total. The zero-order valence-corrected chi connectivity index (χ0v) is 19.7. The number of hydrogen-bond donors (Lipinski definition) is 0. The Balaban J connectivity index is 1.28. The summed E-state index contributed by atoms with van der Waals surface area (Å²) in [6.07, 6.45) is 5.54. The van der Waals surface area contributed by atoms with Crippen LogP contribution in [0.15, 0.2) is 78.9 Å². The zero-order chi connectivity index (χ0) is 23.3. The highest BCUT2D eigenvalue weighted by atomic mass is 16.2. The number of fused-ring (bicyclic) bond motifs is 1. The smallest absolute Gasteiger partial charge is 0.230 e. The van der Waals surface area contributed by atoms with E-state index in [0.29, 0.717) is 19.5 Å². The molecule has 3 aromatic rings. The summed E-state index contributed by atoms with van der Waals surface area (Å²) in [5.41, 5.74) is 5.61. The number of rotatable bonds is 6. The van der Waals surface area contributed by atoms with Crippen molar-refractivity contribution in [2.45, 2.75) is 51.6 Å². The molecule has 3 aromatic carbocycles. The standard InChI is InChI=1S/C30H32N2O2/c33-29(31-19-18-25-10-4-7-13-27(25)22-31)20-23-14-16-28(17-15-23)32(21-24-8-2-1-3-9-24)30(34)26-11-5-6-12-26/h1-4,7-10,13-17,26H,5-6,11-12,18-22H2. The SMILES string of the molecule is O=C(Cc1ccc(N(Cc2ccccc2)C(=O)C2CCCC2)cc1)N1CCc2ccccc2C1. The van der Waals surface area contributed by atoms with Crippen molar-refractivity contribution in [3.05, 3.63) is 101 Å². The lowest BCUT2D eigenvalue weighted by molar-refractivity contribution is -0.131. The van der Waals surface area contributed by atoms with Gasteiger partial charge in [-0.2, -0.15) is 0 Å². The minimum Gasteiger partial charge on any atom is -0.338 e. The van der Waals surface area contributed by atoms with Gasteiger partial charge in [0.15, 0.2) is 0 Å². The van der Waals surface area contributed by atoms with E-state index >= 15 is 0 Å². The van der Waals surface area contributed by atoms with Gasteiger partial charge < -0.3 is 9.80 Å². The molecule has 0 atom stereocenters. The van der Waals surface area contributed by atoms with Gasteiger partial charge in [-0.15, -0.1) is 0 Å². The molecule has 0 unspecified atom stereocenters. The predicted molar refractivity (Wildman–Crippen MR) is 135 cm³/mol. The highest BCUT2D eigenvalue weighted by molar-refractivity contribution is 5.95. The van der Waals surface area contributed by atoms with Crippen LogP contribution in [0.2, 0.25) is 0 Å². The molecule has 1 saturated carbocycles. The number of anilines is 1. The summed E-state index contributed by atoms with van der Waals surface area (Å²) in [5, 5.41) is 0. The molecule has 2 aliphatic rings. The summed E-state index contributed by atoms with van der Waals surface area (Å²) in [6, 6.07) is 26.6. The quantitative estimate of drug-likeness (QED) is 0.493. The molecule has 2 amide bonds. The summed E-state index contributed by atoms with van der Waals surface area (Å²) < 4.78 is 0. The fourth-order valence-corrected chi connectivity index (χ4v) is 5.24. The van der Waals surface area contributed by atoms with Crippen molar-refractivity contribution >= 4 is 17.5 Å². The van der Waals surface area contributed by atoms with Gasteiger partial charge in [-0.25, -0.2) is 0 Å². The maximum atomic E-state index is 13.4. The summed E-state index contributed by atoms with van der Waals surface area (Å²) in [4.78, 5) is 30.3. The molecular formula is C30H32N2O2. The number of benzene rings is 3. The minimum atomic E-state index is 0.118. The van der Waals surface area contributed by atoms with Gasteiger partial charge in [-0.3, -0.25) is 9.59 Å². The maximum absolute atomic E-state index is 13.4. The third-order valence-corrected chi connectivity index (χ3v) is 7.24. The Morgan fingerprint density at radius 2 is 1.47 bits per heavy atom. The van der Waals surface area contributed by atoms with E-state index in [2.05, 4.69) is 30.3 Å². The summed E-state index contributed by atoms with van der Waals surface area (Å²) >= 11 is 0. The van der Waals surface area contributed by atoms with Gasteiger partial charge in [-0.1, -0.05) is 79.6 Å². The van der Waals surface area contributed by atoms with Gasteiger partial charge in [-0.05, 0) is 53.6 Å². The lowest BCUT2D eigenvalue weighted by Gasteiger charge is -2.29. The van der Waals surface area contributed by atoms with E-state index in [-0.39, 0.29) is 17.7 Å². The number of carbonyl (C=O) groups excluding carboxylic acids is 2. The second-order valence-corrected chi connectivity index (χ2v) is 9.57. The van der Waals surface area contributed by atoms with Gasteiger partial charge in [0, 0.05) is 24.7 Å². The van der Waals surface area contributed by atoms with Gasteiger partial charge in [0.2, 0.25) is 11.8 Å². The molecule has 0 N–H and O–H groups in total. The number of nitrogens with zero attached hydrogens (tertiary/aromatic N) is 2. The van der Waals surface area contributed by atoms with Crippen molar-refractivity contribution in [3.63, 3.8) is 0 Å². The monoisotopic (exact) mass is 452 g/mol. The molecule has 0 spiro atoms. The van der Waals surface area contributed by atoms with Crippen LogP contribution in [0.25, 0.3) is 0 Å². The van der Waals surface area contributed by atoms with Crippen molar-refractivity contribution < 1.29 is 9.59 Å². The second-order valence-electron chi connectivity index (χ2n) is 9.57. The highest BCUT2D eigenvalue weighted by Crippen LogP contribution is 2.30. The molecule has 1 heterocycles. The van der Waals surface area contributed by atoms with Crippen molar-refractivity contribution in [3.8, 4) is 0 Å². The molecule has 5 rings (SSSR count). The minimum absolute atomic E-state index is 0.118. The van der Waals surface area contributed by atoms with Gasteiger partial charge in [0.25, 0.3) is 0 Å². The molecule has 1 aliphatic heterocycles. The first-order valence-electron chi connectivity index (χ1n) is 12.5. The van der Waals surface area contributed by atoms with Gasteiger partial charge in [0.05, 0.1) is 13.0 Å². The van der Waals surface area contributed by atoms with E-state index in [4.69, 9.17) is 0 Å². The average Bonchev–Trinajstić information content (AvgIpc) is 3.43. The Hall–Kier alpha value is -3.40. The molecule has 0 aromatic heterocycles. The number of carbonyl (C=O) groups is 2. The van der Waals surface area contributed by atoms with Crippen molar-refractivity contribution in [2.24, 2.45) is 5.92 Å². The van der Waals surface area contributed by atoms with E-state index < -0.39 is 0 Å². The van der Waals surface area contributed by atoms with Crippen LogP contribution in [0.3, 0.4) is 0 Å². The molecule has 174 valence electrons. The van der Waals surface area contributed by atoms with Gasteiger partial charge >= 0.3 is 0 Å². The lowest BCUT2D eigenvalue weighted by atomic mass is 9.99. The third kappa shape index (κ3) is 5.06. The lowest BCUT2D eigenvalue weighted by Crippen LogP contribution is -2.37. The fourth-order valence-electron chi connectivity index (χ4n) is 5.24. The van der Waals surface area contributed by atoms with Crippen molar-refractivity contribution in [2.75, 3.05) is 11.4 Å². The van der Waals surface area contributed by atoms with E-state index in [1.807, 2.05) is 58.3 Å². The Labute approximate surface area is 202 Å². The molecule has 0 radical (unpaired) electrons. The average molecular weight is 453 g/mol. The Morgan fingerprint density at radius 1 is 0.794 bits per heavy atom. The van der Waals surface area contributed by atoms with Crippen LogP contribution in [-0.4, -0.2) is 23.3 Å². The topological polar surface area (TPSA) is 40.6 Å². The van der Waals surface area contributed by atoms with Crippen LogP contribution in [-0.2, 0) is 35.5 Å². The molecular weight excluding hydrogens is 420 g/mol. The Kier molecular flexibility index (Phi) is 6.75. The molecule has 0 saturated heterocycles. The van der Waals surface area contributed by atoms with Crippen LogP contribution in [0.5, 0.6) is 0 Å². The summed E-state index contributed by atoms with van der Waals surface area (Å²) in [6.45, 7) is 2.03. The molecule has 34 heavy (non-hydrogen) atoms. The molecule has 1 fully saturated rings. The summed E-state index contributed by atoms with van der Waals surface area (Å²) in [7, 11) is 0. The van der Waals surface area contributed by atoms with Crippen LogP contribution < -0.4 is 4.90 Å². The third-order valence-electron chi connectivity index (χ3n) is 7.24. The fraction of sp³-hybridized carbons (Fsp3) is 0.333. The normalized spacial score (nSPS) is 15.7. The highest BCUT2D eigenvalue weighted by Gasteiger charge is 2.28. The Bertz CT molecular complexity index is 1130. The largest absolute Gasteiger partial charge is 0.338 e. The second kappa shape index (κ2) is 10.3. The number of hydrogen-bond acceptors (Lipinski definition) is 2. The predicted octanol–water partition coefficient (Wildman–Crippen LogP) is 5.54. The van der Waals surface area contributed by atoms with Crippen LogP contribution in [0.4, 0.5) is 5.69 Å². The van der Waals surface area contributed by atoms with E-state index in [9.17, 15) is 9.59 Å². The van der Waals surface area contributed by atoms with E-state index in [1.54, 1.807) is 0 Å². The molecule has 0 bridgehead atoms. The van der Waals surface area contributed by atoms with Crippen LogP contribution in [0, 0.1) is 5.92 Å². The van der Waals surface area contributed by atoms with Gasteiger partial charge in [0.1, 0.15) is 0 Å². The van der Waals surface area contributed by atoms with E-state index in [0.717, 1.165) is 55.5 Å². The van der Waals surface area contributed by atoms with Crippen molar-refractivity contribution in [1.82, 2.24) is 4.90 Å². The summed E-state index contributed by atoms with van der Waals surface area (Å²) in [5.74, 6) is 0.495. The first kappa shape index (κ1) is 22.4. The maximum Gasteiger partial charge on any atom is 0.230 e. The number of amides is 2. The van der Waals surface area contributed by atoms with E-state index in [1.165, 1.54) is 11.1 Å². The Morgan fingerprint density at radius 3 is 2.21 bits per heavy atom. The molecule has 4 heteroatoms. The van der Waals surface area contributed by atoms with Crippen LogP contribution in [0.1, 0.15) is 47.9 Å². The van der Waals surface area contributed by atoms with Crippen LogP contribution >= 0.6 is 0 Å². The first-order valence-corrected chi connectivity index (χ1v) is 12.5. The first-order chi connectivity index (χ1) is 16.7. The van der Waals surface area contributed by atoms with Crippen molar-refractivity contribution in [1.29, 1.82) is 0 Å². The zero-order valence-electron chi connectivity index (χ0n) is 19.7. The molecule has 1 aliphatic carbocycles.